The second kappa shape index (κ2) is 5.84. The van der Waals surface area contributed by atoms with Gasteiger partial charge in [-0.3, -0.25) is 0 Å². The maximum Gasteiger partial charge on any atom is 0.338 e. The predicted octanol–water partition coefficient (Wildman–Crippen LogP) is 2.46. The summed E-state index contributed by atoms with van der Waals surface area (Å²) in [6, 6.07) is 7.72. The lowest BCUT2D eigenvalue weighted by atomic mass is 9.96. The van der Waals surface area contributed by atoms with Gasteiger partial charge in [-0.25, -0.2) is 9.48 Å². The summed E-state index contributed by atoms with van der Waals surface area (Å²) in [5.41, 5.74) is 2.23. The Morgan fingerprint density at radius 1 is 1.36 bits per heavy atom. The highest BCUT2D eigenvalue weighted by Crippen LogP contribution is 2.35. The number of hydrogen-bond donors (Lipinski definition) is 1. The number of fused-ring (bicyclic) bond motifs is 1. The number of aromatic nitrogens is 3. The van der Waals surface area contributed by atoms with Crippen LogP contribution in [0.2, 0.25) is 0 Å². The number of benzene rings is 1. The molecule has 0 unspecified atom stereocenters. The van der Waals surface area contributed by atoms with Crippen LogP contribution in [0.3, 0.4) is 0 Å². The average Bonchev–Trinajstić information content (AvgIpc) is 3.00. The molecule has 0 aliphatic carbocycles. The van der Waals surface area contributed by atoms with E-state index in [4.69, 9.17) is 4.74 Å². The minimum Gasteiger partial charge on any atom is -0.466 e. The van der Waals surface area contributed by atoms with E-state index >= 15 is 0 Å². The van der Waals surface area contributed by atoms with Crippen molar-refractivity contribution < 1.29 is 9.53 Å². The van der Waals surface area contributed by atoms with Crippen LogP contribution in [0.5, 0.6) is 0 Å². The van der Waals surface area contributed by atoms with Crippen molar-refractivity contribution in [3.63, 3.8) is 0 Å². The Morgan fingerprint density at radius 3 is 2.73 bits per heavy atom. The highest BCUT2D eigenvalue weighted by atomic mass is 32.2. The Morgan fingerprint density at radius 2 is 2.09 bits per heavy atom. The first kappa shape index (κ1) is 14.6. The first-order chi connectivity index (χ1) is 10.7. The molecule has 0 amide bonds. The van der Waals surface area contributed by atoms with Crippen molar-refractivity contribution in [2.45, 2.75) is 17.9 Å². The molecule has 1 aromatic carbocycles. The third-order valence-electron chi connectivity index (χ3n) is 3.63. The Labute approximate surface area is 132 Å². The van der Waals surface area contributed by atoms with Crippen molar-refractivity contribution >= 4 is 23.7 Å². The number of carbonyl (C=O) groups excluding carboxylic acids is 1. The van der Waals surface area contributed by atoms with Crippen molar-refractivity contribution in [3.05, 3.63) is 47.4 Å². The van der Waals surface area contributed by atoms with Crippen LogP contribution in [0.25, 0.3) is 0 Å². The lowest BCUT2D eigenvalue weighted by molar-refractivity contribution is -0.136. The van der Waals surface area contributed by atoms with Gasteiger partial charge in [0.2, 0.25) is 5.95 Å². The molecule has 1 aliphatic rings. The fraction of sp³-hybridized carbons (Fsp3) is 0.267. The second-order valence-corrected chi connectivity index (χ2v) is 5.74. The first-order valence-corrected chi connectivity index (χ1v) is 7.97. The molecule has 2 heterocycles. The average molecular weight is 316 g/mol. The zero-order chi connectivity index (χ0) is 15.7. The number of esters is 1. The Balaban J connectivity index is 2.13. The van der Waals surface area contributed by atoms with E-state index in [1.165, 1.54) is 13.4 Å². The van der Waals surface area contributed by atoms with Crippen LogP contribution >= 0.6 is 11.8 Å². The number of carbonyl (C=O) groups is 1. The molecule has 22 heavy (non-hydrogen) atoms. The van der Waals surface area contributed by atoms with Crippen LogP contribution in [0, 0.1) is 0 Å². The van der Waals surface area contributed by atoms with E-state index in [1.54, 1.807) is 16.4 Å². The molecular formula is C15H16N4O2S. The maximum atomic E-state index is 12.2. The molecule has 2 aromatic rings. The molecule has 0 spiro atoms. The van der Waals surface area contributed by atoms with Gasteiger partial charge in [0.05, 0.1) is 12.7 Å². The van der Waals surface area contributed by atoms with Gasteiger partial charge >= 0.3 is 5.97 Å². The SMILES string of the molecule is COC(=O)C1=C(C)Nc2ncnn2[C@H]1c1ccc(SC)cc1. The highest BCUT2D eigenvalue weighted by molar-refractivity contribution is 7.98. The van der Waals surface area contributed by atoms with E-state index in [-0.39, 0.29) is 12.0 Å². The van der Waals surface area contributed by atoms with Gasteiger partial charge in [0, 0.05) is 10.6 Å². The summed E-state index contributed by atoms with van der Waals surface area (Å²) in [5.74, 6) is 0.245. The molecule has 114 valence electrons. The van der Waals surface area contributed by atoms with E-state index in [1.807, 2.05) is 37.4 Å². The van der Waals surface area contributed by atoms with Gasteiger partial charge in [-0.2, -0.15) is 10.1 Å². The largest absolute Gasteiger partial charge is 0.466 e. The van der Waals surface area contributed by atoms with E-state index < -0.39 is 0 Å². The maximum absolute atomic E-state index is 12.2. The van der Waals surface area contributed by atoms with Crippen LogP contribution in [-0.4, -0.2) is 34.1 Å². The topological polar surface area (TPSA) is 69.0 Å². The molecule has 0 saturated carbocycles. The summed E-state index contributed by atoms with van der Waals surface area (Å²) in [6.45, 7) is 1.84. The molecule has 0 radical (unpaired) electrons. The summed E-state index contributed by atoms with van der Waals surface area (Å²) in [5, 5.41) is 7.35. The van der Waals surface area contributed by atoms with Gasteiger partial charge in [-0.1, -0.05) is 12.1 Å². The van der Waals surface area contributed by atoms with Crippen LogP contribution in [0.1, 0.15) is 18.5 Å². The summed E-state index contributed by atoms with van der Waals surface area (Å²) in [7, 11) is 1.38. The lowest BCUT2D eigenvalue weighted by Gasteiger charge is -2.27. The smallest absolute Gasteiger partial charge is 0.338 e. The van der Waals surface area contributed by atoms with Crippen LogP contribution in [-0.2, 0) is 9.53 Å². The van der Waals surface area contributed by atoms with Gasteiger partial charge in [-0.15, -0.1) is 11.8 Å². The number of ether oxygens (including phenoxy) is 1. The second-order valence-electron chi connectivity index (χ2n) is 4.86. The normalized spacial score (nSPS) is 17.0. The number of allylic oxidation sites excluding steroid dienone is 1. The number of thioether (sulfide) groups is 1. The van der Waals surface area contributed by atoms with Crippen LogP contribution < -0.4 is 5.32 Å². The quantitative estimate of drug-likeness (QED) is 0.693. The lowest BCUT2D eigenvalue weighted by Crippen LogP contribution is -2.29. The molecule has 1 N–H and O–H groups in total. The standard InChI is InChI=1S/C15H16N4O2S/c1-9-12(14(20)21-2)13(19-15(18-9)16-8-17-19)10-4-6-11(22-3)7-5-10/h4-8,13H,1-3H3,(H,16,17,18)/t13-/m0/s1. The van der Waals surface area contributed by atoms with Crippen molar-refractivity contribution in [1.29, 1.82) is 0 Å². The highest BCUT2D eigenvalue weighted by Gasteiger charge is 2.33. The zero-order valence-corrected chi connectivity index (χ0v) is 13.3. The molecule has 1 atom stereocenters. The Kier molecular flexibility index (Phi) is 3.89. The molecule has 6 nitrogen and oxygen atoms in total. The molecule has 0 saturated heterocycles. The monoisotopic (exact) mass is 316 g/mol. The minimum atomic E-state index is -0.370. The van der Waals surface area contributed by atoms with E-state index in [2.05, 4.69) is 15.4 Å². The fourth-order valence-corrected chi connectivity index (χ4v) is 2.97. The number of anilines is 1. The van der Waals surface area contributed by atoms with E-state index in [9.17, 15) is 4.79 Å². The van der Waals surface area contributed by atoms with Crippen molar-refractivity contribution in [3.8, 4) is 0 Å². The molecule has 3 rings (SSSR count). The van der Waals surface area contributed by atoms with Crippen LogP contribution in [0.15, 0.2) is 46.8 Å². The number of hydrogen-bond acceptors (Lipinski definition) is 6. The van der Waals surface area contributed by atoms with Crippen molar-refractivity contribution in [2.75, 3.05) is 18.7 Å². The summed E-state index contributed by atoms with van der Waals surface area (Å²) in [4.78, 5) is 17.6. The summed E-state index contributed by atoms with van der Waals surface area (Å²) >= 11 is 1.67. The van der Waals surface area contributed by atoms with E-state index in [0.29, 0.717) is 11.5 Å². The summed E-state index contributed by atoms with van der Waals surface area (Å²) in [6.07, 6.45) is 3.50. The number of nitrogens with one attached hydrogen (secondary N) is 1. The van der Waals surface area contributed by atoms with Crippen LogP contribution in [0.4, 0.5) is 5.95 Å². The van der Waals surface area contributed by atoms with Gasteiger partial charge < -0.3 is 10.1 Å². The zero-order valence-electron chi connectivity index (χ0n) is 12.5. The van der Waals surface area contributed by atoms with Gasteiger partial charge in [0.25, 0.3) is 0 Å². The van der Waals surface area contributed by atoms with Gasteiger partial charge in [0.15, 0.2) is 0 Å². The van der Waals surface area contributed by atoms with Gasteiger partial charge in [0.1, 0.15) is 12.4 Å². The molecule has 0 bridgehead atoms. The van der Waals surface area contributed by atoms with Gasteiger partial charge in [-0.05, 0) is 30.9 Å². The molecule has 1 aromatic heterocycles. The van der Waals surface area contributed by atoms with Crippen molar-refractivity contribution in [1.82, 2.24) is 14.8 Å². The Hall–Kier alpha value is -2.28. The number of rotatable bonds is 3. The number of methoxy groups -OCH3 is 1. The molecule has 7 heteroatoms. The fourth-order valence-electron chi connectivity index (χ4n) is 2.56. The number of nitrogens with zero attached hydrogens (tertiary/aromatic N) is 3. The first-order valence-electron chi connectivity index (χ1n) is 6.75. The van der Waals surface area contributed by atoms with Crippen molar-refractivity contribution in [2.24, 2.45) is 0 Å². The molecular weight excluding hydrogens is 300 g/mol. The third-order valence-corrected chi connectivity index (χ3v) is 4.37. The minimum absolute atomic E-state index is 0.345. The van der Waals surface area contributed by atoms with E-state index in [0.717, 1.165) is 16.2 Å². The summed E-state index contributed by atoms with van der Waals surface area (Å²) < 4.78 is 6.65. The molecule has 1 aliphatic heterocycles. The Bertz CT molecular complexity index is 736. The molecule has 0 fully saturated rings. The predicted molar refractivity (Wildman–Crippen MR) is 84.7 cm³/mol. The third kappa shape index (κ3) is 2.37.